The first-order valence-electron chi connectivity index (χ1n) is 7.98. The number of nitriles is 1. The number of hydrazine groups is 1. The van der Waals surface area contributed by atoms with Gasteiger partial charge in [-0.2, -0.15) is 31.6 Å². The number of allylic oxidation sites excluding steroid dienone is 1. The molecule has 150 valence electrons. The van der Waals surface area contributed by atoms with E-state index in [9.17, 15) is 31.6 Å². The van der Waals surface area contributed by atoms with Gasteiger partial charge in [0.05, 0.1) is 22.4 Å². The van der Waals surface area contributed by atoms with Crippen molar-refractivity contribution < 1.29 is 26.3 Å². The van der Waals surface area contributed by atoms with Crippen molar-refractivity contribution in [3.8, 4) is 6.07 Å². The van der Waals surface area contributed by atoms with Crippen molar-refractivity contribution in [2.24, 2.45) is 4.99 Å². The molecule has 0 fully saturated rings. The van der Waals surface area contributed by atoms with E-state index >= 15 is 0 Å². The topological polar surface area (TPSA) is 64.3 Å². The van der Waals surface area contributed by atoms with E-state index in [1.807, 2.05) is 6.07 Å². The van der Waals surface area contributed by atoms with Gasteiger partial charge >= 0.3 is 12.4 Å². The first-order chi connectivity index (χ1) is 13.6. The Labute approximate surface area is 160 Å². The highest BCUT2D eigenvalue weighted by molar-refractivity contribution is 5.76. The molecule has 1 atom stereocenters. The van der Waals surface area contributed by atoms with Crippen LogP contribution in [0.2, 0.25) is 0 Å². The van der Waals surface area contributed by atoms with Gasteiger partial charge in [-0.25, -0.2) is 10.4 Å². The second-order valence-corrected chi connectivity index (χ2v) is 5.91. The summed E-state index contributed by atoms with van der Waals surface area (Å²) in [7, 11) is 0. The predicted molar refractivity (Wildman–Crippen MR) is 90.5 cm³/mol. The first kappa shape index (κ1) is 20.3. The summed E-state index contributed by atoms with van der Waals surface area (Å²) in [6.07, 6.45) is -7.20. The Morgan fingerprint density at radius 1 is 1.07 bits per heavy atom. The van der Waals surface area contributed by atoms with Crippen LogP contribution in [0, 0.1) is 11.3 Å². The van der Waals surface area contributed by atoms with Crippen LogP contribution in [-0.4, -0.2) is 16.3 Å². The molecule has 5 nitrogen and oxygen atoms in total. The Morgan fingerprint density at radius 2 is 1.72 bits per heavy atom. The summed E-state index contributed by atoms with van der Waals surface area (Å²) in [5.41, 5.74) is -0.109. The molecule has 0 radical (unpaired) electrons. The fourth-order valence-electron chi connectivity index (χ4n) is 2.53. The van der Waals surface area contributed by atoms with E-state index in [1.165, 1.54) is 17.4 Å². The summed E-state index contributed by atoms with van der Waals surface area (Å²) in [6, 6.07) is 8.04. The maximum absolute atomic E-state index is 13.0. The average Bonchev–Trinajstić information content (AvgIpc) is 3.14. The van der Waals surface area contributed by atoms with Crippen molar-refractivity contribution in [2.45, 2.75) is 18.5 Å². The Bertz CT molecular complexity index is 956. The van der Waals surface area contributed by atoms with Gasteiger partial charge in [-0.15, -0.1) is 0 Å². The van der Waals surface area contributed by atoms with Crippen LogP contribution in [0.5, 0.6) is 0 Å². The molecular formula is C18H11F6N5. The van der Waals surface area contributed by atoms with Gasteiger partial charge in [0.25, 0.3) is 0 Å². The summed E-state index contributed by atoms with van der Waals surface area (Å²) in [4.78, 5) is 7.90. The molecule has 1 aromatic carbocycles. The van der Waals surface area contributed by atoms with E-state index in [4.69, 9.17) is 0 Å². The molecule has 0 spiro atoms. The zero-order chi connectivity index (χ0) is 21.2. The molecular weight excluding hydrogens is 400 g/mol. The molecule has 2 aromatic rings. The van der Waals surface area contributed by atoms with Crippen molar-refractivity contribution in [3.05, 3.63) is 71.2 Å². The monoisotopic (exact) mass is 411 g/mol. The highest BCUT2D eigenvalue weighted by atomic mass is 19.4. The predicted octanol–water partition coefficient (Wildman–Crippen LogP) is 4.53. The Morgan fingerprint density at radius 3 is 2.24 bits per heavy atom. The molecule has 0 bridgehead atoms. The number of nitrogens with one attached hydrogen (secondary N) is 1. The molecule has 0 saturated carbocycles. The first-order valence-corrected chi connectivity index (χ1v) is 7.98. The van der Waals surface area contributed by atoms with E-state index in [1.54, 1.807) is 18.2 Å². The van der Waals surface area contributed by atoms with Crippen LogP contribution in [0.15, 0.2) is 53.8 Å². The Hall–Kier alpha value is -3.39. The molecule has 11 heteroatoms. The molecule has 0 saturated heterocycles. The summed E-state index contributed by atoms with van der Waals surface area (Å²) in [5.74, 6) is 0. The van der Waals surface area contributed by atoms with E-state index in [0.29, 0.717) is 17.8 Å². The maximum atomic E-state index is 13.0. The van der Waals surface area contributed by atoms with Gasteiger partial charge in [0, 0.05) is 12.4 Å². The van der Waals surface area contributed by atoms with Crippen LogP contribution in [0.1, 0.15) is 28.6 Å². The van der Waals surface area contributed by atoms with Gasteiger partial charge in [-0.05, 0) is 35.9 Å². The van der Waals surface area contributed by atoms with Crippen molar-refractivity contribution in [3.63, 3.8) is 0 Å². The van der Waals surface area contributed by atoms with E-state index in [2.05, 4.69) is 15.4 Å². The molecule has 2 heterocycles. The fraction of sp³-hybridized carbons (Fsp3) is 0.167. The van der Waals surface area contributed by atoms with Crippen molar-refractivity contribution in [2.75, 3.05) is 0 Å². The number of hydrogen-bond acceptors (Lipinski definition) is 5. The van der Waals surface area contributed by atoms with E-state index < -0.39 is 29.6 Å². The highest BCUT2D eigenvalue weighted by Crippen LogP contribution is 2.38. The smallest absolute Gasteiger partial charge is 0.270 e. The molecule has 1 aliphatic heterocycles. The molecule has 0 amide bonds. The lowest BCUT2D eigenvalue weighted by molar-refractivity contribution is -0.143. The highest BCUT2D eigenvalue weighted by Gasteiger charge is 2.38. The molecule has 3 rings (SSSR count). The Balaban J connectivity index is 1.89. The number of alkyl halides is 6. The van der Waals surface area contributed by atoms with Crippen LogP contribution in [0.4, 0.5) is 26.3 Å². The zero-order valence-corrected chi connectivity index (χ0v) is 14.3. The lowest BCUT2D eigenvalue weighted by atomic mass is 10.0. The molecule has 1 aromatic heterocycles. The summed E-state index contributed by atoms with van der Waals surface area (Å²) >= 11 is 0. The molecule has 0 aliphatic carbocycles. The molecule has 1 unspecified atom stereocenters. The van der Waals surface area contributed by atoms with Crippen molar-refractivity contribution in [1.82, 2.24) is 15.4 Å². The number of nitrogens with zero attached hydrogens (tertiary/aromatic N) is 4. The third kappa shape index (κ3) is 4.72. The van der Waals surface area contributed by atoms with Gasteiger partial charge < -0.3 is 0 Å². The second kappa shape index (κ2) is 7.56. The quantitative estimate of drug-likeness (QED) is 0.596. The minimum Gasteiger partial charge on any atom is -0.270 e. The minimum absolute atomic E-state index is 0.0503. The van der Waals surface area contributed by atoms with E-state index in [0.717, 1.165) is 6.34 Å². The van der Waals surface area contributed by atoms with Crippen LogP contribution >= 0.6 is 0 Å². The number of hydrogen-bond donors (Lipinski definition) is 1. The molecule has 1 aliphatic rings. The third-order valence-corrected chi connectivity index (χ3v) is 3.87. The minimum atomic E-state index is -4.95. The number of rotatable bonds is 3. The number of benzene rings is 1. The van der Waals surface area contributed by atoms with Gasteiger partial charge in [0.1, 0.15) is 18.6 Å². The second-order valence-electron chi connectivity index (χ2n) is 5.91. The fourth-order valence-corrected chi connectivity index (χ4v) is 2.53. The van der Waals surface area contributed by atoms with Crippen LogP contribution in [0.3, 0.4) is 0 Å². The summed E-state index contributed by atoms with van der Waals surface area (Å²) in [6.45, 7) is 0. The maximum Gasteiger partial charge on any atom is 0.416 e. The number of halogens is 6. The van der Waals surface area contributed by atoms with Gasteiger partial charge in [-0.1, -0.05) is 6.07 Å². The van der Waals surface area contributed by atoms with Crippen molar-refractivity contribution >= 4 is 11.9 Å². The number of pyridine rings is 1. The zero-order valence-electron chi connectivity index (χ0n) is 14.3. The van der Waals surface area contributed by atoms with Gasteiger partial charge in [0.15, 0.2) is 0 Å². The van der Waals surface area contributed by atoms with Crippen LogP contribution in [-0.2, 0) is 12.4 Å². The number of aromatic nitrogens is 1. The van der Waals surface area contributed by atoms with E-state index in [-0.39, 0.29) is 17.2 Å². The standard InChI is InChI=1S/C18H11F6N5/c19-17(20,21)13-5-11(6-14(7-13)18(22,23)24)16-27-10-29(28-16)9-12(8-25)15-3-1-2-4-26-15/h1-7,9-10,16,28H/b12-9-. The molecule has 1 N–H and O–H groups in total. The largest absolute Gasteiger partial charge is 0.416 e. The summed E-state index contributed by atoms with van der Waals surface area (Å²) in [5, 5.41) is 10.4. The average molecular weight is 411 g/mol. The van der Waals surface area contributed by atoms with Crippen LogP contribution < -0.4 is 5.43 Å². The number of aliphatic imine (C=N–C) groups is 1. The lowest BCUT2D eigenvalue weighted by Crippen LogP contribution is -2.29. The van der Waals surface area contributed by atoms with Crippen molar-refractivity contribution in [1.29, 1.82) is 5.26 Å². The van der Waals surface area contributed by atoms with Gasteiger partial charge in [-0.3, -0.25) is 9.99 Å². The SMILES string of the molecule is N#C/C(=C/N1C=NC(c2cc(C(F)(F)F)cc(C(F)(F)F)c2)N1)c1ccccn1. The van der Waals surface area contributed by atoms with Crippen LogP contribution in [0.25, 0.3) is 5.57 Å². The molecule has 29 heavy (non-hydrogen) atoms. The third-order valence-electron chi connectivity index (χ3n) is 3.87. The normalized spacial score (nSPS) is 17.5. The Kier molecular flexibility index (Phi) is 5.30. The lowest BCUT2D eigenvalue weighted by Gasteiger charge is -2.18. The summed E-state index contributed by atoms with van der Waals surface area (Å²) < 4.78 is 78.1. The van der Waals surface area contributed by atoms with Gasteiger partial charge in [0.2, 0.25) is 0 Å².